The summed E-state index contributed by atoms with van der Waals surface area (Å²) in [6.07, 6.45) is 1.54. The lowest BCUT2D eigenvalue weighted by molar-refractivity contribution is -0.275. The van der Waals surface area contributed by atoms with E-state index in [1.165, 1.54) is 0 Å². The van der Waals surface area contributed by atoms with E-state index in [9.17, 15) is 14.7 Å². The molecule has 41 heavy (non-hydrogen) atoms. The summed E-state index contributed by atoms with van der Waals surface area (Å²) in [6.45, 7) is 4.01. The van der Waals surface area contributed by atoms with E-state index < -0.39 is 12.3 Å². The zero-order valence-corrected chi connectivity index (χ0v) is 23.6. The number of hydrogen-bond acceptors (Lipinski definition) is 7. The lowest BCUT2D eigenvalue weighted by atomic mass is 9.90. The number of aliphatic hydroxyl groups is 1. The van der Waals surface area contributed by atoms with Crippen LogP contribution in [0.15, 0.2) is 72.9 Å². The molecule has 4 rings (SSSR count). The molecular formula is C32H39N3O6. The first-order valence-electron chi connectivity index (χ1n) is 14.0. The van der Waals surface area contributed by atoms with E-state index in [2.05, 4.69) is 29.2 Å². The SMILES string of the molecule is C[C@H]1[C@@H](CN(C)CCc2ccccn2)O[C@@H](c2ccc(CNC(=O)CCC(=O)O)cc2)O[C@H]1c1ccc(CO)cc1. The Balaban J connectivity index is 1.45. The minimum atomic E-state index is -0.994. The molecule has 218 valence electrons. The smallest absolute Gasteiger partial charge is 0.303 e. The highest BCUT2D eigenvalue weighted by molar-refractivity contribution is 5.80. The zero-order valence-electron chi connectivity index (χ0n) is 23.6. The van der Waals surface area contributed by atoms with Gasteiger partial charge in [0.25, 0.3) is 0 Å². The maximum absolute atomic E-state index is 11.9. The van der Waals surface area contributed by atoms with Crippen LogP contribution in [0.2, 0.25) is 0 Å². The fourth-order valence-corrected chi connectivity index (χ4v) is 4.88. The predicted octanol–water partition coefficient (Wildman–Crippen LogP) is 4.02. The summed E-state index contributed by atoms with van der Waals surface area (Å²) in [4.78, 5) is 29.3. The quantitative estimate of drug-likeness (QED) is 0.286. The van der Waals surface area contributed by atoms with Gasteiger partial charge < -0.3 is 29.9 Å². The van der Waals surface area contributed by atoms with Crippen molar-refractivity contribution in [2.45, 2.75) is 57.8 Å². The number of carbonyl (C=O) groups is 2. The second-order valence-electron chi connectivity index (χ2n) is 10.6. The number of nitrogens with zero attached hydrogens (tertiary/aromatic N) is 2. The molecule has 0 bridgehead atoms. The summed E-state index contributed by atoms with van der Waals surface area (Å²) in [5, 5.41) is 21.0. The van der Waals surface area contributed by atoms with E-state index in [1.54, 1.807) is 0 Å². The highest BCUT2D eigenvalue weighted by Gasteiger charge is 2.38. The van der Waals surface area contributed by atoms with E-state index in [4.69, 9.17) is 14.6 Å². The Morgan fingerprint density at radius 2 is 1.66 bits per heavy atom. The van der Waals surface area contributed by atoms with Crippen molar-refractivity contribution < 1.29 is 29.3 Å². The van der Waals surface area contributed by atoms with Crippen molar-refractivity contribution in [1.29, 1.82) is 0 Å². The number of carbonyl (C=O) groups excluding carboxylic acids is 1. The summed E-state index contributed by atoms with van der Waals surface area (Å²) < 4.78 is 13.1. The summed E-state index contributed by atoms with van der Waals surface area (Å²) >= 11 is 0. The Morgan fingerprint density at radius 3 is 2.32 bits per heavy atom. The Labute approximate surface area is 241 Å². The summed E-state index contributed by atoms with van der Waals surface area (Å²) in [5.74, 6) is -1.22. The van der Waals surface area contributed by atoms with Gasteiger partial charge in [0.05, 0.1) is 25.2 Å². The molecule has 0 aliphatic carbocycles. The third-order valence-corrected chi connectivity index (χ3v) is 7.40. The van der Waals surface area contributed by atoms with Gasteiger partial charge in [0.2, 0.25) is 5.91 Å². The van der Waals surface area contributed by atoms with Gasteiger partial charge in [-0.15, -0.1) is 0 Å². The van der Waals surface area contributed by atoms with Gasteiger partial charge in [-0.3, -0.25) is 14.6 Å². The Bertz CT molecular complexity index is 1250. The van der Waals surface area contributed by atoms with Gasteiger partial charge in [-0.25, -0.2) is 0 Å². The number of hydrogen-bond donors (Lipinski definition) is 3. The van der Waals surface area contributed by atoms with Crippen molar-refractivity contribution >= 4 is 11.9 Å². The summed E-state index contributed by atoms with van der Waals surface area (Å²) in [6, 6.07) is 21.5. The molecule has 1 saturated heterocycles. The number of aromatic nitrogens is 1. The predicted molar refractivity (Wildman–Crippen MR) is 154 cm³/mol. The van der Waals surface area contributed by atoms with Crippen LogP contribution in [-0.2, 0) is 38.6 Å². The van der Waals surface area contributed by atoms with Crippen molar-refractivity contribution in [1.82, 2.24) is 15.2 Å². The third-order valence-electron chi connectivity index (χ3n) is 7.40. The van der Waals surface area contributed by atoms with E-state index in [-0.39, 0.29) is 43.5 Å². The van der Waals surface area contributed by atoms with Crippen molar-refractivity contribution in [2.75, 3.05) is 20.1 Å². The topological polar surface area (TPSA) is 121 Å². The van der Waals surface area contributed by atoms with Crippen LogP contribution in [0.3, 0.4) is 0 Å². The van der Waals surface area contributed by atoms with E-state index in [0.717, 1.165) is 47.5 Å². The van der Waals surface area contributed by atoms with Gasteiger partial charge in [0, 0.05) is 55.8 Å². The van der Waals surface area contributed by atoms with E-state index in [1.807, 2.05) is 72.9 Å². The Kier molecular flexibility index (Phi) is 11.0. The van der Waals surface area contributed by atoms with Crippen LogP contribution >= 0.6 is 0 Å². The van der Waals surface area contributed by atoms with Gasteiger partial charge in [-0.2, -0.15) is 0 Å². The molecule has 1 aliphatic rings. The largest absolute Gasteiger partial charge is 0.481 e. The minimum Gasteiger partial charge on any atom is -0.481 e. The first-order valence-corrected chi connectivity index (χ1v) is 14.0. The number of amides is 1. The molecule has 0 saturated carbocycles. The van der Waals surface area contributed by atoms with Crippen LogP contribution in [0.4, 0.5) is 0 Å². The number of carboxylic acid groups (broad SMARTS) is 1. The van der Waals surface area contributed by atoms with Crippen LogP contribution < -0.4 is 5.32 Å². The average Bonchev–Trinajstić information content (AvgIpc) is 3.00. The van der Waals surface area contributed by atoms with Crippen LogP contribution in [0, 0.1) is 5.92 Å². The van der Waals surface area contributed by atoms with Crippen LogP contribution in [0.25, 0.3) is 0 Å². The van der Waals surface area contributed by atoms with E-state index in [0.29, 0.717) is 6.54 Å². The van der Waals surface area contributed by atoms with Crippen molar-refractivity contribution in [2.24, 2.45) is 5.92 Å². The first-order chi connectivity index (χ1) is 19.8. The molecule has 1 fully saturated rings. The highest BCUT2D eigenvalue weighted by atomic mass is 16.7. The van der Waals surface area contributed by atoms with E-state index >= 15 is 0 Å². The van der Waals surface area contributed by atoms with Crippen molar-refractivity contribution in [3.05, 3.63) is 101 Å². The maximum Gasteiger partial charge on any atom is 0.303 e. The second kappa shape index (κ2) is 14.8. The second-order valence-corrected chi connectivity index (χ2v) is 10.6. The molecule has 9 heteroatoms. The van der Waals surface area contributed by atoms with Gasteiger partial charge in [-0.1, -0.05) is 61.5 Å². The fraction of sp³-hybridized carbons (Fsp3) is 0.406. The minimum absolute atomic E-state index is 0.0108. The van der Waals surface area contributed by atoms with Gasteiger partial charge in [-0.05, 0) is 35.9 Å². The van der Waals surface area contributed by atoms with Crippen molar-refractivity contribution in [3.8, 4) is 0 Å². The number of nitrogens with one attached hydrogen (secondary N) is 1. The molecule has 9 nitrogen and oxygen atoms in total. The molecule has 1 amide bonds. The molecule has 1 aromatic heterocycles. The molecule has 0 radical (unpaired) electrons. The Hall–Kier alpha value is -3.63. The Morgan fingerprint density at radius 1 is 0.951 bits per heavy atom. The third kappa shape index (κ3) is 8.93. The number of benzene rings is 2. The molecule has 3 N–H and O–H groups in total. The van der Waals surface area contributed by atoms with Gasteiger partial charge in [0.15, 0.2) is 6.29 Å². The number of pyridine rings is 1. The zero-order chi connectivity index (χ0) is 29.2. The molecule has 1 aliphatic heterocycles. The van der Waals surface area contributed by atoms with Gasteiger partial charge >= 0.3 is 5.97 Å². The summed E-state index contributed by atoms with van der Waals surface area (Å²) in [5.41, 5.74) is 4.70. The number of rotatable bonds is 13. The van der Waals surface area contributed by atoms with Crippen LogP contribution in [0.5, 0.6) is 0 Å². The molecular weight excluding hydrogens is 522 g/mol. The lowest BCUT2D eigenvalue weighted by Crippen LogP contribution is -2.43. The number of carboxylic acids is 1. The number of ether oxygens (including phenoxy) is 2. The molecule has 0 spiro atoms. The molecule has 0 unspecified atom stereocenters. The molecule has 2 aromatic carbocycles. The normalized spacial score (nSPS) is 20.6. The highest BCUT2D eigenvalue weighted by Crippen LogP contribution is 2.41. The maximum atomic E-state index is 11.9. The standard InChI is InChI=1S/C32H39N3O6/c1-22-28(20-35(2)18-16-27-5-3-4-17-33-27)40-32(41-31(22)25-10-8-24(21-36)9-11-25)26-12-6-23(7-13-26)19-34-29(37)14-15-30(38)39/h3-13,17,22,28,31-32,36H,14-16,18-21H2,1-2H3,(H,34,37)(H,38,39)/t22-,28+,31+,32+/m0/s1. The molecule has 3 aromatic rings. The lowest BCUT2D eigenvalue weighted by Gasteiger charge is -2.42. The summed E-state index contributed by atoms with van der Waals surface area (Å²) in [7, 11) is 2.09. The van der Waals surface area contributed by atoms with Crippen LogP contribution in [-0.4, -0.2) is 58.2 Å². The number of aliphatic carboxylic acids is 1. The van der Waals surface area contributed by atoms with Crippen molar-refractivity contribution in [3.63, 3.8) is 0 Å². The monoisotopic (exact) mass is 561 g/mol. The number of aliphatic hydroxyl groups excluding tert-OH is 1. The number of likely N-dealkylation sites (N-methyl/N-ethyl adjacent to an activating group) is 1. The first kappa shape index (κ1) is 30.3. The molecule has 2 heterocycles. The molecule has 4 atom stereocenters. The average molecular weight is 562 g/mol. The fourth-order valence-electron chi connectivity index (χ4n) is 4.88. The van der Waals surface area contributed by atoms with Crippen LogP contribution in [0.1, 0.15) is 60.1 Å². The van der Waals surface area contributed by atoms with Gasteiger partial charge in [0.1, 0.15) is 0 Å².